The van der Waals surface area contributed by atoms with Crippen LogP contribution in [0.4, 0.5) is 4.79 Å². The van der Waals surface area contributed by atoms with Gasteiger partial charge >= 0.3 is 6.09 Å². The molecule has 0 spiro atoms. The van der Waals surface area contributed by atoms with E-state index in [-0.39, 0.29) is 6.09 Å². The van der Waals surface area contributed by atoms with Crippen molar-refractivity contribution < 1.29 is 9.53 Å². The fraction of sp³-hybridized carbons (Fsp3) is 0.909. The average Bonchev–Trinajstić information content (AvgIpc) is 2.27. The van der Waals surface area contributed by atoms with E-state index in [1.54, 1.807) is 0 Å². The number of amides is 1. The standard InChI is InChI=1S/C11H22N2O2/c1-2-15-11(14)13(9-8-12)10-6-4-3-5-7-10/h10H,2-9,12H2,1H3. The first kappa shape index (κ1) is 12.3. The fourth-order valence-electron chi connectivity index (χ4n) is 2.16. The molecule has 1 aliphatic carbocycles. The Bertz CT molecular complexity index is 191. The van der Waals surface area contributed by atoms with Gasteiger partial charge in [0.2, 0.25) is 0 Å². The minimum Gasteiger partial charge on any atom is -0.450 e. The molecule has 1 amide bonds. The van der Waals surface area contributed by atoms with Gasteiger partial charge in [0.05, 0.1) is 6.61 Å². The zero-order chi connectivity index (χ0) is 11.1. The summed E-state index contributed by atoms with van der Waals surface area (Å²) in [5.74, 6) is 0. The Morgan fingerprint density at radius 2 is 2.07 bits per heavy atom. The molecule has 1 aliphatic rings. The number of ether oxygens (including phenoxy) is 1. The van der Waals surface area contributed by atoms with E-state index in [9.17, 15) is 4.79 Å². The van der Waals surface area contributed by atoms with Gasteiger partial charge in [0.15, 0.2) is 0 Å². The van der Waals surface area contributed by atoms with E-state index in [0.29, 0.717) is 25.7 Å². The summed E-state index contributed by atoms with van der Waals surface area (Å²) in [7, 11) is 0. The van der Waals surface area contributed by atoms with Crippen LogP contribution in [0.25, 0.3) is 0 Å². The molecule has 0 unspecified atom stereocenters. The number of nitrogens with two attached hydrogens (primary N) is 1. The van der Waals surface area contributed by atoms with E-state index in [4.69, 9.17) is 10.5 Å². The minimum absolute atomic E-state index is 0.199. The van der Waals surface area contributed by atoms with Crippen molar-refractivity contribution in [3.05, 3.63) is 0 Å². The van der Waals surface area contributed by atoms with Gasteiger partial charge in [-0.1, -0.05) is 19.3 Å². The summed E-state index contributed by atoms with van der Waals surface area (Å²) in [6, 6.07) is 0.348. The van der Waals surface area contributed by atoms with Gasteiger partial charge in [0.25, 0.3) is 0 Å². The molecule has 4 nitrogen and oxygen atoms in total. The summed E-state index contributed by atoms with van der Waals surface area (Å²) < 4.78 is 5.04. The summed E-state index contributed by atoms with van der Waals surface area (Å²) in [4.78, 5) is 13.5. The van der Waals surface area contributed by atoms with Crippen molar-refractivity contribution >= 4 is 6.09 Å². The summed E-state index contributed by atoms with van der Waals surface area (Å²) in [6.07, 6.45) is 5.71. The van der Waals surface area contributed by atoms with E-state index >= 15 is 0 Å². The molecule has 2 N–H and O–H groups in total. The van der Waals surface area contributed by atoms with Gasteiger partial charge in [-0.25, -0.2) is 4.79 Å². The zero-order valence-electron chi connectivity index (χ0n) is 9.58. The molecule has 0 saturated heterocycles. The van der Waals surface area contributed by atoms with Crippen molar-refractivity contribution in [1.82, 2.24) is 4.90 Å². The predicted molar refractivity (Wildman–Crippen MR) is 59.7 cm³/mol. The highest BCUT2D eigenvalue weighted by Crippen LogP contribution is 2.22. The van der Waals surface area contributed by atoms with Crippen LogP contribution in [0.5, 0.6) is 0 Å². The van der Waals surface area contributed by atoms with Crippen LogP contribution >= 0.6 is 0 Å². The van der Waals surface area contributed by atoms with Crippen molar-refractivity contribution in [3.8, 4) is 0 Å². The summed E-state index contributed by atoms with van der Waals surface area (Å²) >= 11 is 0. The molecule has 0 aliphatic heterocycles. The molecular formula is C11H22N2O2. The lowest BCUT2D eigenvalue weighted by Gasteiger charge is -2.33. The molecule has 1 fully saturated rings. The van der Waals surface area contributed by atoms with Crippen molar-refractivity contribution in [2.75, 3.05) is 19.7 Å². The first-order chi connectivity index (χ1) is 7.29. The highest BCUT2D eigenvalue weighted by Gasteiger charge is 2.25. The van der Waals surface area contributed by atoms with Crippen LogP contribution in [-0.2, 0) is 4.74 Å². The fourth-order valence-corrected chi connectivity index (χ4v) is 2.16. The molecule has 1 saturated carbocycles. The Morgan fingerprint density at radius 3 is 2.60 bits per heavy atom. The van der Waals surface area contributed by atoms with E-state index < -0.39 is 0 Å². The van der Waals surface area contributed by atoms with Crippen LogP contribution in [0, 0.1) is 0 Å². The molecule has 0 bridgehead atoms. The number of hydrogen-bond donors (Lipinski definition) is 1. The van der Waals surface area contributed by atoms with Gasteiger partial charge in [-0.15, -0.1) is 0 Å². The second-order valence-corrected chi connectivity index (χ2v) is 3.97. The highest BCUT2D eigenvalue weighted by atomic mass is 16.6. The normalized spacial score (nSPS) is 17.5. The van der Waals surface area contributed by atoms with Gasteiger partial charge in [-0.2, -0.15) is 0 Å². The van der Waals surface area contributed by atoms with E-state index in [0.717, 1.165) is 12.8 Å². The lowest BCUT2D eigenvalue weighted by molar-refractivity contribution is 0.0822. The molecule has 1 rings (SSSR count). The van der Waals surface area contributed by atoms with Gasteiger partial charge in [0.1, 0.15) is 0 Å². The van der Waals surface area contributed by atoms with Crippen LogP contribution in [0.2, 0.25) is 0 Å². The number of hydrogen-bond acceptors (Lipinski definition) is 3. The van der Waals surface area contributed by atoms with E-state index in [1.165, 1.54) is 19.3 Å². The second kappa shape index (κ2) is 6.67. The molecule has 0 radical (unpaired) electrons. The maximum Gasteiger partial charge on any atom is 0.410 e. The van der Waals surface area contributed by atoms with E-state index in [2.05, 4.69) is 0 Å². The SMILES string of the molecule is CCOC(=O)N(CCN)C1CCCCC1. The molecule has 4 heteroatoms. The van der Waals surface area contributed by atoms with Gasteiger partial charge in [-0.05, 0) is 19.8 Å². The molecule has 0 aromatic heterocycles. The molecule has 0 heterocycles. The molecular weight excluding hydrogens is 192 g/mol. The maximum atomic E-state index is 11.7. The van der Waals surface area contributed by atoms with Crippen molar-refractivity contribution in [1.29, 1.82) is 0 Å². The van der Waals surface area contributed by atoms with E-state index in [1.807, 2.05) is 11.8 Å². The van der Waals surface area contributed by atoms with Crippen LogP contribution in [0.1, 0.15) is 39.0 Å². The Labute approximate surface area is 91.8 Å². The Kier molecular flexibility index (Phi) is 5.47. The average molecular weight is 214 g/mol. The largest absolute Gasteiger partial charge is 0.450 e. The summed E-state index contributed by atoms with van der Waals surface area (Å²) in [5, 5.41) is 0. The van der Waals surface area contributed by atoms with Crippen molar-refractivity contribution in [3.63, 3.8) is 0 Å². The third kappa shape index (κ3) is 3.70. The Morgan fingerprint density at radius 1 is 1.40 bits per heavy atom. The lowest BCUT2D eigenvalue weighted by Crippen LogP contribution is -2.44. The molecule has 15 heavy (non-hydrogen) atoms. The maximum absolute atomic E-state index is 11.7. The van der Waals surface area contributed by atoms with Crippen molar-refractivity contribution in [2.45, 2.75) is 45.1 Å². The number of carbonyl (C=O) groups excluding carboxylic acids is 1. The number of rotatable bonds is 4. The smallest absolute Gasteiger partial charge is 0.410 e. The summed E-state index contributed by atoms with van der Waals surface area (Å²) in [6.45, 7) is 3.39. The Hall–Kier alpha value is -0.770. The van der Waals surface area contributed by atoms with Gasteiger partial charge < -0.3 is 15.4 Å². The van der Waals surface area contributed by atoms with Gasteiger partial charge in [-0.3, -0.25) is 0 Å². The first-order valence-electron chi connectivity index (χ1n) is 5.93. The topological polar surface area (TPSA) is 55.6 Å². The summed E-state index contributed by atoms with van der Waals surface area (Å²) in [5.41, 5.74) is 5.52. The first-order valence-corrected chi connectivity index (χ1v) is 5.93. The zero-order valence-corrected chi connectivity index (χ0v) is 9.58. The monoisotopic (exact) mass is 214 g/mol. The number of carbonyl (C=O) groups is 1. The van der Waals surface area contributed by atoms with Crippen LogP contribution in [0.15, 0.2) is 0 Å². The third-order valence-corrected chi connectivity index (χ3v) is 2.89. The van der Waals surface area contributed by atoms with Crippen molar-refractivity contribution in [2.24, 2.45) is 5.73 Å². The highest BCUT2D eigenvalue weighted by molar-refractivity contribution is 5.68. The minimum atomic E-state index is -0.199. The lowest BCUT2D eigenvalue weighted by atomic mass is 9.94. The van der Waals surface area contributed by atoms with Crippen LogP contribution in [-0.4, -0.2) is 36.7 Å². The number of nitrogens with zero attached hydrogens (tertiary/aromatic N) is 1. The van der Waals surface area contributed by atoms with Gasteiger partial charge in [0, 0.05) is 19.1 Å². The Balaban J connectivity index is 2.50. The van der Waals surface area contributed by atoms with Crippen LogP contribution < -0.4 is 5.73 Å². The predicted octanol–water partition coefficient (Wildman–Crippen LogP) is 1.74. The van der Waals surface area contributed by atoms with Crippen LogP contribution in [0.3, 0.4) is 0 Å². The molecule has 88 valence electrons. The molecule has 0 aromatic carbocycles. The quantitative estimate of drug-likeness (QED) is 0.775. The molecule has 0 atom stereocenters. The molecule has 0 aromatic rings. The second-order valence-electron chi connectivity index (χ2n) is 3.97. The third-order valence-electron chi connectivity index (χ3n) is 2.89.